The number of amides is 5. The molecule has 6 rings (SSSR count). The van der Waals surface area contributed by atoms with E-state index in [1.807, 2.05) is 68.4 Å². The molecule has 50 heavy (non-hydrogen) atoms. The minimum Gasteiger partial charge on any atom is -0.457 e. The molecule has 0 saturated carbocycles. The molecule has 0 spiro atoms. The number of thioether (sulfide) groups is 1. The number of hydrogen-bond donors (Lipinski definition) is 3. The van der Waals surface area contributed by atoms with Crippen LogP contribution in [-0.2, 0) is 19.2 Å². The Bertz CT molecular complexity index is 1830. The zero-order valence-electron chi connectivity index (χ0n) is 27.7. The fourth-order valence-electron chi connectivity index (χ4n) is 5.97. The number of para-hydroxylation sites is 2. The Morgan fingerprint density at radius 2 is 1.68 bits per heavy atom. The van der Waals surface area contributed by atoms with Crippen LogP contribution < -0.4 is 20.7 Å². The number of Topliss-reactive ketones (excluding diaryl/α,β-unsaturated/α-hetero) is 1. The van der Waals surface area contributed by atoms with E-state index in [0.29, 0.717) is 30.0 Å². The number of rotatable bonds is 11. The summed E-state index contributed by atoms with van der Waals surface area (Å²) in [4.78, 5) is 72.0. The van der Waals surface area contributed by atoms with Crippen molar-refractivity contribution >= 4 is 68.5 Å². The summed E-state index contributed by atoms with van der Waals surface area (Å²) < 4.78 is 7.59. The van der Waals surface area contributed by atoms with Crippen molar-refractivity contribution in [2.75, 3.05) is 17.6 Å². The molecule has 2 fully saturated rings. The minimum atomic E-state index is -1.05. The number of nitrogens with zero attached hydrogens (tertiary/aromatic N) is 3. The quantitative estimate of drug-likeness (QED) is 0.170. The van der Waals surface area contributed by atoms with Gasteiger partial charge >= 0.3 is 6.03 Å². The van der Waals surface area contributed by atoms with Crippen LogP contribution in [0.4, 0.5) is 10.5 Å². The molecule has 12 nitrogen and oxygen atoms in total. The molecule has 5 amide bonds. The highest BCUT2D eigenvalue weighted by Crippen LogP contribution is 2.30. The van der Waals surface area contributed by atoms with Gasteiger partial charge in [0.25, 0.3) is 5.91 Å². The van der Waals surface area contributed by atoms with Crippen LogP contribution in [0.25, 0.3) is 10.2 Å². The minimum absolute atomic E-state index is 0.0170. The number of hydrazine groups is 1. The van der Waals surface area contributed by atoms with Crippen molar-refractivity contribution in [3.63, 3.8) is 0 Å². The fourth-order valence-corrected chi connectivity index (χ4v) is 7.95. The molecule has 0 aliphatic carbocycles. The van der Waals surface area contributed by atoms with Crippen LogP contribution in [0.15, 0.2) is 83.2 Å². The largest absolute Gasteiger partial charge is 0.457 e. The first-order valence-corrected chi connectivity index (χ1v) is 18.3. The summed E-state index contributed by atoms with van der Waals surface area (Å²) in [7, 11) is 0. The van der Waals surface area contributed by atoms with Gasteiger partial charge in [0.15, 0.2) is 10.1 Å². The highest BCUT2D eigenvalue weighted by atomic mass is 32.2. The molecule has 0 unspecified atom stereocenters. The topological polar surface area (TPSA) is 150 Å². The smallest absolute Gasteiger partial charge is 0.319 e. The predicted molar refractivity (Wildman–Crippen MR) is 192 cm³/mol. The maximum atomic E-state index is 14.0. The first-order chi connectivity index (χ1) is 24.2. The SMILES string of the molecule is CC(C)[C@H](NC(=O)[C@@H]1CCCN2C(=O)CC[C@H](NC(=O)Nc3ccc(Oc4ccccc4)cc3)C(=O)N12)C(=O)CSc1nc2ccccc2s1. The van der Waals surface area contributed by atoms with E-state index in [9.17, 15) is 24.0 Å². The Morgan fingerprint density at radius 3 is 2.42 bits per heavy atom. The molecule has 260 valence electrons. The summed E-state index contributed by atoms with van der Waals surface area (Å²) in [6.45, 7) is 3.97. The third-order valence-electron chi connectivity index (χ3n) is 8.48. The van der Waals surface area contributed by atoms with Gasteiger partial charge in [-0.05, 0) is 73.7 Å². The molecule has 2 saturated heterocycles. The van der Waals surface area contributed by atoms with E-state index in [-0.39, 0.29) is 42.7 Å². The summed E-state index contributed by atoms with van der Waals surface area (Å²) >= 11 is 2.84. The number of ketones is 1. The van der Waals surface area contributed by atoms with Crippen molar-refractivity contribution in [1.29, 1.82) is 0 Å². The van der Waals surface area contributed by atoms with Crippen LogP contribution >= 0.6 is 23.1 Å². The number of ether oxygens (including phenoxy) is 1. The Morgan fingerprint density at radius 1 is 0.960 bits per heavy atom. The van der Waals surface area contributed by atoms with Gasteiger partial charge in [-0.15, -0.1) is 11.3 Å². The molecular formula is C36H38N6O6S2. The number of nitrogens with one attached hydrogen (secondary N) is 3. The third kappa shape index (κ3) is 8.25. The van der Waals surface area contributed by atoms with E-state index >= 15 is 0 Å². The van der Waals surface area contributed by atoms with Crippen LogP contribution in [0.2, 0.25) is 0 Å². The lowest BCUT2D eigenvalue weighted by Gasteiger charge is -2.43. The molecule has 14 heteroatoms. The first-order valence-electron chi connectivity index (χ1n) is 16.5. The zero-order valence-corrected chi connectivity index (χ0v) is 29.3. The van der Waals surface area contributed by atoms with Crippen LogP contribution in [0, 0.1) is 5.92 Å². The Balaban J connectivity index is 1.09. The highest BCUT2D eigenvalue weighted by molar-refractivity contribution is 8.01. The van der Waals surface area contributed by atoms with E-state index in [2.05, 4.69) is 20.9 Å². The van der Waals surface area contributed by atoms with Crippen molar-refractivity contribution in [2.24, 2.45) is 5.92 Å². The van der Waals surface area contributed by atoms with Gasteiger partial charge in [-0.1, -0.05) is 55.9 Å². The van der Waals surface area contributed by atoms with E-state index in [0.717, 1.165) is 14.6 Å². The van der Waals surface area contributed by atoms with Crippen molar-refractivity contribution in [2.45, 2.75) is 62.0 Å². The number of aromatic nitrogens is 1. The molecule has 3 aromatic carbocycles. The molecular weight excluding hydrogens is 677 g/mol. The van der Waals surface area contributed by atoms with Crippen molar-refractivity contribution in [1.82, 2.24) is 25.6 Å². The third-order valence-corrected chi connectivity index (χ3v) is 10.7. The van der Waals surface area contributed by atoms with Gasteiger partial charge in [0.2, 0.25) is 11.8 Å². The average molecular weight is 715 g/mol. The molecule has 0 radical (unpaired) electrons. The maximum Gasteiger partial charge on any atom is 0.319 e. The number of urea groups is 1. The lowest BCUT2D eigenvalue weighted by Crippen LogP contribution is -2.65. The van der Waals surface area contributed by atoms with Crippen LogP contribution in [0.3, 0.4) is 0 Å². The molecule has 3 atom stereocenters. The predicted octanol–water partition coefficient (Wildman–Crippen LogP) is 5.61. The van der Waals surface area contributed by atoms with Gasteiger partial charge in [-0.2, -0.15) is 0 Å². The van der Waals surface area contributed by atoms with Crippen molar-refractivity contribution in [3.05, 3.63) is 78.9 Å². The first kappa shape index (κ1) is 34.9. The number of carbonyl (C=O) groups excluding carboxylic acids is 5. The second-order valence-corrected chi connectivity index (χ2v) is 14.7. The summed E-state index contributed by atoms with van der Waals surface area (Å²) in [6, 6.07) is 20.3. The number of carbonyl (C=O) groups is 5. The average Bonchev–Trinajstić information content (AvgIpc) is 3.50. The second-order valence-electron chi connectivity index (χ2n) is 12.4. The number of thiazole rings is 1. The summed E-state index contributed by atoms with van der Waals surface area (Å²) in [5, 5.41) is 10.8. The van der Waals surface area contributed by atoms with Gasteiger partial charge in [0.05, 0.1) is 22.0 Å². The summed E-state index contributed by atoms with van der Waals surface area (Å²) in [5.74, 6) is -0.393. The Hall–Kier alpha value is -4.95. The zero-order chi connectivity index (χ0) is 35.2. The number of anilines is 1. The van der Waals surface area contributed by atoms with Crippen LogP contribution in [0.5, 0.6) is 11.5 Å². The molecule has 3 heterocycles. The van der Waals surface area contributed by atoms with Gasteiger partial charge in [0, 0.05) is 18.7 Å². The van der Waals surface area contributed by atoms with Crippen LogP contribution in [-0.4, -0.2) is 75.0 Å². The summed E-state index contributed by atoms with van der Waals surface area (Å²) in [5.41, 5.74) is 1.34. The molecule has 2 aliphatic rings. The van der Waals surface area contributed by atoms with E-state index in [4.69, 9.17) is 4.74 Å². The van der Waals surface area contributed by atoms with Gasteiger partial charge in [0.1, 0.15) is 23.6 Å². The standard InChI is InChI=1S/C36H38N6O6S2/c1-22(2)32(29(43)21-49-36-39-26-11-6-7-13-30(26)50-36)40-33(45)28-12-8-20-41-31(44)19-18-27(34(46)42(28)41)38-35(47)37-23-14-16-25(17-15-23)48-24-9-4-3-5-10-24/h3-7,9-11,13-17,22,27-28,32H,8,12,18-21H2,1-2H3,(H,40,45)(H2,37,38,47)/t27-,28-,32-/m0/s1. The normalized spacial score (nSPS) is 18.3. The highest BCUT2D eigenvalue weighted by Gasteiger charge is 2.45. The van der Waals surface area contributed by atoms with Crippen molar-refractivity contribution in [3.8, 4) is 11.5 Å². The maximum absolute atomic E-state index is 14.0. The summed E-state index contributed by atoms with van der Waals surface area (Å²) in [6.07, 6.45) is 0.899. The number of fused-ring (bicyclic) bond motifs is 2. The lowest BCUT2D eigenvalue weighted by atomic mass is 9.99. The molecule has 0 bridgehead atoms. The van der Waals surface area contributed by atoms with Gasteiger partial charge < -0.3 is 20.7 Å². The van der Waals surface area contributed by atoms with E-state index in [1.165, 1.54) is 33.1 Å². The second kappa shape index (κ2) is 15.7. The number of hydrogen-bond acceptors (Lipinski definition) is 9. The lowest BCUT2D eigenvalue weighted by molar-refractivity contribution is -0.176. The fraction of sp³-hybridized carbons (Fsp3) is 0.333. The molecule has 3 N–H and O–H groups in total. The van der Waals surface area contributed by atoms with E-state index in [1.54, 1.807) is 24.3 Å². The molecule has 2 aliphatic heterocycles. The molecule has 1 aromatic heterocycles. The Labute approximate surface area is 297 Å². The monoisotopic (exact) mass is 714 g/mol. The van der Waals surface area contributed by atoms with Crippen LogP contribution in [0.1, 0.15) is 39.5 Å². The number of benzene rings is 3. The molecule has 4 aromatic rings. The van der Waals surface area contributed by atoms with Gasteiger partial charge in [-0.25, -0.2) is 14.8 Å². The van der Waals surface area contributed by atoms with E-state index < -0.39 is 36.0 Å². The van der Waals surface area contributed by atoms with Crippen molar-refractivity contribution < 1.29 is 28.7 Å². The Kier molecular flexibility index (Phi) is 11.0. The van der Waals surface area contributed by atoms with Gasteiger partial charge in [-0.3, -0.25) is 24.2 Å².